The van der Waals surface area contributed by atoms with E-state index in [2.05, 4.69) is 5.32 Å². The highest BCUT2D eigenvalue weighted by Crippen LogP contribution is 2.44. The van der Waals surface area contributed by atoms with Crippen molar-refractivity contribution in [2.24, 2.45) is 11.8 Å². The first-order valence-electron chi connectivity index (χ1n) is 10.7. The second-order valence-corrected chi connectivity index (χ2v) is 10.8. The van der Waals surface area contributed by atoms with E-state index in [-0.39, 0.29) is 23.4 Å². The molecule has 0 aliphatic heterocycles. The predicted octanol–water partition coefficient (Wildman–Crippen LogP) is 4.11. The molecule has 1 N–H and O–H groups in total. The highest BCUT2D eigenvalue weighted by molar-refractivity contribution is 7.92. The standard InChI is InChI=1S/C24H30N2O3S/c1-16-7-11-21(12-8-16)30(28,29)26(23-6-4-5-17(2)18(23)3)15-24(27)25-22-14-19-9-10-20(22)13-19/h4-8,11-12,19-20,22H,9-10,13-15H2,1-3H3,(H,25,27)/t19-,20-,22+/m0/s1. The number of carbonyl (C=O) groups is 1. The van der Waals surface area contributed by atoms with Gasteiger partial charge in [-0.1, -0.05) is 36.2 Å². The molecule has 6 heteroatoms. The SMILES string of the molecule is Cc1ccc(S(=O)(=O)N(CC(=O)N[C@@H]2C[C@H]3CC[C@H]2C3)c2cccc(C)c2C)cc1. The predicted molar refractivity (Wildman–Crippen MR) is 119 cm³/mol. The van der Waals surface area contributed by atoms with Crippen LogP contribution in [0.1, 0.15) is 42.4 Å². The average Bonchev–Trinajstić information content (AvgIpc) is 3.32. The first-order chi connectivity index (χ1) is 14.3. The summed E-state index contributed by atoms with van der Waals surface area (Å²) in [5, 5.41) is 3.13. The molecule has 2 aliphatic carbocycles. The van der Waals surface area contributed by atoms with Crippen LogP contribution >= 0.6 is 0 Å². The lowest BCUT2D eigenvalue weighted by Gasteiger charge is -2.28. The molecule has 2 bridgehead atoms. The van der Waals surface area contributed by atoms with Crippen LogP contribution in [-0.4, -0.2) is 26.9 Å². The van der Waals surface area contributed by atoms with E-state index in [1.165, 1.54) is 17.1 Å². The molecule has 0 aromatic heterocycles. The van der Waals surface area contributed by atoms with Crippen LogP contribution in [0.3, 0.4) is 0 Å². The molecule has 2 saturated carbocycles. The van der Waals surface area contributed by atoms with E-state index >= 15 is 0 Å². The van der Waals surface area contributed by atoms with Gasteiger partial charge in [0.1, 0.15) is 6.54 Å². The molecule has 4 rings (SSSR count). The van der Waals surface area contributed by atoms with Crippen LogP contribution in [0.4, 0.5) is 5.69 Å². The number of hydrogen-bond acceptors (Lipinski definition) is 3. The number of sulfonamides is 1. The molecule has 5 nitrogen and oxygen atoms in total. The summed E-state index contributed by atoms with van der Waals surface area (Å²) in [6, 6.07) is 12.5. The fraction of sp³-hybridized carbons (Fsp3) is 0.458. The normalized spacial score (nSPS) is 22.8. The van der Waals surface area contributed by atoms with E-state index in [1.54, 1.807) is 30.3 Å². The molecule has 2 aromatic rings. The van der Waals surface area contributed by atoms with Crippen molar-refractivity contribution in [3.63, 3.8) is 0 Å². The molecular weight excluding hydrogens is 396 g/mol. The quantitative estimate of drug-likeness (QED) is 0.756. The minimum absolute atomic E-state index is 0.179. The van der Waals surface area contributed by atoms with Crippen molar-refractivity contribution < 1.29 is 13.2 Å². The van der Waals surface area contributed by atoms with E-state index in [1.807, 2.05) is 32.9 Å². The van der Waals surface area contributed by atoms with E-state index in [0.29, 0.717) is 17.5 Å². The summed E-state index contributed by atoms with van der Waals surface area (Å²) >= 11 is 0. The average molecular weight is 427 g/mol. The molecule has 2 aromatic carbocycles. The first kappa shape index (κ1) is 20.9. The maximum Gasteiger partial charge on any atom is 0.264 e. The number of hydrogen-bond donors (Lipinski definition) is 1. The number of fused-ring (bicyclic) bond motifs is 2. The number of nitrogens with zero attached hydrogens (tertiary/aromatic N) is 1. The zero-order valence-electron chi connectivity index (χ0n) is 17.9. The number of aryl methyl sites for hydroxylation is 2. The minimum Gasteiger partial charge on any atom is -0.352 e. The Morgan fingerprint density at radius 1 is 1.03 bits per heavy atom. The van der Waals surface area contributed by atoms with Gasteiger partial charge in [-0.25, -0.2) is 8.42 Å². The monoisotopic (exact) mass is 426 g/mol. The summed E-state index contributed by atoms with van der Waals surface area (Å²) in [6.45, 7) is 5.55. The van der Waals surface area contributed by atoms with Gasteiger partial charge in [-0.3, -0.25) is 9.10 Å². The Labute approximate surface area is 179 Å². The lowest BCUT2D eigenvalue weighted by molar-refractivity contribution is -0.120. The van der Waals surface area contributed by atoms with Gasteiger partial charge in [-0.05, 0) is 81.2 Å². The van der Waals surface area contributed by atoms with Crippen molar-refractivity contribution in [3.8, 4) is 0 Å². The van der Waals surface area contributed by atoms with E-state index < -0.39 is 10.0 Å². The summed E-state index contributed by atoms with van der Waals surface area (Å²) < 4.78 is 28.4. The third kappa shape index (κ3) is 3.97. The molecule has 160 valence electrons. The van der Waals surface area contributed by atoms with Gasteiger partial charge in [0.2, 0.25) is 5.91 Å². The van der Waals surface area contributed by atoms with E-state index in [0.717, 1.165) is 29.5 Å². The molecular formula is C24H30N2O3S. The van der Waals surface area contributed by atoms with Crippen LogP contribution in [-0.2, 0) is 14.8 Å². The third-order valence-electron chi connectivity index (χ3n) is 6.83. The highest BCUT2D eigenvalue weighted by Gasteiger charge is 2.40. The Balaban J connectivity index is 1.64. The van der Waals surface area contributed by atoms with Crippen LogP contribution in [0.25, 0.3) is 0 Å². The summed E-state index contributed by atoms with van der Waals surface area (Å²) in [4.78, 5) is 13.2. The number of amides is 1. The smallest absolute Gasteiger partial charge is 0.264 e. The van der Waals surface area contributed by atoms with Gasteiger partial charge >= 0.3 is 0 Å². The molecule has 2 fully saturated rings. The maximum absolute atomic E-state index is 13.6. The van der Waals surface area contributed by atoms with Crippen LogP contribution in [0.5, 0.6) is 0 Å². The van der Waals surface area contributed by atoms with Gasteiger partial charge in [0.05, 0.1) is 10.6 Å². The van der Waals surface area contributed by atoms with Gasteiger partial charge in [0.25, 0.3) is 10.0 Å². The Morgan fingerprint density at radius 3 is 2.40 bits per heavy atom. The fourth-order valence-corrected chi connectivity index (χ4v) is 6.43. The maximum atomic E-state index is 13.6. The second-order valence-electron chi connectivity index (χ2n) is 8.89. The summed E-state index contributed by atoms with van der Waals surface area (Å²) in [6.07, 6.45) is 4.63. The number of carbonyl (C=O) groups excluding carboxylic acids is 1. The van der Waals surface area contributed by atoms with Crippen molar-refractivity contribution in [2.75, 3.05) is 10.8 Å². The van der Waals surface area contributed by atoms with Crippen LogP contribution in [0, 0.1) is 32.6 Å². The molecule has 1 amide bonds. The van der Waals surface area contributed by atoms with Gasteiger partial charge in [0.15, 0.2) is 0 Å². The summed E-state index contributed by atoms with van der Waals surface area (Å²) in [7, 11) is -3.88. The Hall–Kier alpha value is -2.34. The van der Waals surface area contributed by atoms with Crippen molar-refractivity contribution in [2.45, 2.75) is 57.4 Å². The number of anilines is 1. The van der Waals surface area contributed by atoms with Gasteiger partial charge < -0.3 is 5.32 Å². The van der Waals surface area contributed by atoms with Crippen LogP contribution in [0.2, 0.25) is 0 Å². The summed E-state index contributed by atoms with van der Waals surface area (Å²) in [5.74, 6) is 1.03. The van der Waals surface area contributed by atoms with Crippen molar-refractivity contribution in [1.29, 1.82) is 0 Å². The molecule has 0 spiro atoms. The minimum atomic E-state index is -3.88. The Bertz CT molecular complexity index is 1050. The van der Waals surface area contributed by atoms with Crippen LogP contribution in [0.15, 0.2) is 47.4 Å². The molecule has 0 heterocycles. The largest absolute Gasteiger partial charge is 0.352 e. The van der Waals surface area contributed by atoms with Crippen LogP contribution < -0.4 is 9.62 Å². The number of benzene rings is 2. The zero-order valence-corrected chi connectivity index (χ0v) is 18.7. The van der Waals surface area contributed by atoms with Gasteiger partial charge in [-0.15, -0.1) is 0 Å². The molecule has 2 aliphatic rings. The van der Waals surface area contributed by atoms with Gasteiger partial charge in [-0.2, -0.15) is 0 Å². The van der Waals surface area contributed by atoms with Gasteiger partial charge in [0, 0.05) is 6.04 Å². The third-order valence-corrected chi connectivity index (χ3v) is 8.60. The topological polar surface area (TPSA) is 66.5 Å². The lowest BCUT2D eigenvalue weighted by atomic mass is 9.95. The first-order valence-corrected chi connectivity index (χ1v) is 12.1. The molecule has 0 radical (unpaired) electrons. The molecule has 30 heavy (non-hydrogen) atoms. The zero-order chi connectivity index (χ0) is 21.5. The van der Waals surface area contributed by atoms with Crippen molar-refractivity contribution in [3.05, 3.63) is 59.2 Å². The van der Waals surface area contributed by atoms with Crippen molar-refractivity contribution >= 4 is 21.6 Å². The second kappa shape index (κ2) is 8.06. The fourth-order valence-electron chi connectivity index (χ4n) is 4.95. The molecule has 3 atom stereocenters. The molecule has 0 saturated heterocycles. The van der Waals surface area contributed by atoms with Crippen molar-refractivity contribution in [1.82, 2.24) is 5.32 Å². The van der Waals surface area contributed by atoms with E-state index in [4.69, 9.17) is 0 Å². The number of rotatable bonds is 6. The highest BCUT2D eigenvalue weighted by atomic mass is 32.2. The Morgan fingerprint density at radius 2 is 1.77 bits per heavy atom. The number of nitrogens with one attached hydrogen (secondary N) is 1. The molecule has 0 unspecified atom stereocenters. The lowest BCUT2D eigenvalue weighted by Crippen LogP contribution is -2.46. The summed E-state index contributed by atoms with van der Waals surface area (Å²) in [5.41, 5.74) is 3.39. The Kier molecular flexibility index (Phi) is 5.62. The van der Waals surface area contributed by atoms with E-state index in [9.17, 15) is 13.2 Å².